The number of rotatable bonds is 3. The Bertz CT molecular complexity index is 621. The van der Waals surface area contributed by atoms with Crippen molar-refractivity contribution >= 4 is 6.03 Å². The number of ether oxygens (including phenoxy) is 2. The van der Waals surface area contributed by atoms with Crippen molar-refractivity contribution in [1.82, 2.24) is 15.1 Å². The van der Waals surface area contributed by atoms with E-state index in [0.717, 1.165) is 57.1 Å². The third kappa shape index (κ3) is 4.23. The summed E-state index contributed by atoms with van der Waals surface area (Å²) in [4.78, 5) is 16.9. The number of nitrogens with zero attached hydrogens (tertiary/aromatic N) is 2. The molecule has 0 bridgehead atoms. The van der Waals surface area contributed by atoms with Gasteiger partial charge in [-0.2, -0.15) is 0 Å². The molecule has 1 saturated carbocycles. The number of fused-ring (bicyclic) bond motifs is 1. The van der Waals surface area contributed by atoms with E-state index in [-0.39, 0.29) is 6.03 Å². The molecule has 1 aromatic carbocycles. The summed E-state index contributed by atoms with van der Waals surface area (Å²) >= 11 is 0. The van der Waals surface area contributed by atoms with Crippen LogP contribution < -0.4 is 14.8 Å². The highest BCUT2D eigenvalue weighted by Gasteiger charge is 2.24. The summed E-state index contributed by atoms with van der Waals surface area (Å²) in [7, 11) is 0. The molecule has 4 rings (SSSR count). The van der Waals surface area contributed by atoms with Gasteiger partial charge in [0.05, 0.1) is 0 Å². The zero-order valence-corrected chi connectivity index (χ0v) is 15.4. The van der Waals surface area contributed by atoms with Crippen LogP contribution in [0.5, 0.6) is 11.5 Å². The molecule has 0 radical (unpaired) electrons. The normalized spacial score (nSPS) is 21.5. The van der Waals surface area contributed by atoms with Crippen molar-refractivity contribution in [3.8, 4) is 11.5 Å². The van der Waals surface area contributed by atoms with Gasteiger partial charge in [0.2, 0.25) is 6.79 Å². The Balaban J connectivity index is 1.24. The van der Waals surface area contributed by atoms with Crippen LogP contribution >= 0.6 is 0 Å². The summed E-state index contributed by atoms with van der Waals surface area (Å²) in [5.41, 5.74) is 1.23. The Morgan fingerprint density at radius 3 is 2.50 bits per heavy atom. The standard InChI is InChI=1S/C20H29N3O3/c24-20(21-17-5-3-1-2-4-6-17)23-11-9-22(10-12-23)14-16-7-8-18-19(13-16)26-15-25-18/h7-8,13,17H,1-6,9-12,14-15H2,(H,21,24). The average molecular weight is 359 g/mol. The number of carbonyl (C=O) groups is 1. The van der Waals surface area contributed by atoms with Crippen LogP contribution in [0.15, 0.2) is 18.2 Å². The van der Waals surface area contributed by atoms with Gasteiger partial charge in [-0.05, 0) is 30.5 Å². The molecule has 1 saturated heterocycles. The van der Waals surface area contributed by atoms with Crippen molar-refractivity contribution in [2.75, 3.05) is 33.0 Å². The Labute approximate surface area is 155 Å². The summed E-state index contributed by atoms with van der Waals surface area (Å²) in [6.07, 6.45) is 7.38. The highest BCUT2D eigenvalue weighted by atomic mass is 16.7. The average Bonchev–Trinajstić information content (AvgIpc) is 2.97. The molecule has 2 fully saturated rings. The van der Waals surface area contributed by atoms with Gasteiger partial charge in [0.25, 0.3) is 0 Å². The molecule has 0 aromatic heterocycles. The second-order valence-electron chi connectivity index (χ2n) is 7.59. The van der Waals surface area contributed by atoms with E-state index in [1.54, 1.807) is 0 Å². The van der Waals surface area contributed by atoms with Crippen LogP contribution in [0.1, 0.15) is 44.1 Å². The number of carbonyl (C=O) groups excluding carboxylic acids is 1. The second-order valence-corrected chi connectivity index (χ2v) is 7.59. The fourth-order valence-corrected chi connectivity index (χ4v) is 4.10. The van der Waals surface area contributed by atoms with Crippen LogP contribution in [0.4, 0.5) is 4.79 Å². The maximum absolute atomic E-state index is 12.5. The topological polar surface area (TPSA) is 54.0 Å². The minimum Gasteiger partial charge on any atom is -0.454 e. The number of hydrogen-bond acceptors (Lipinski definition) is 4. The molecule has 0 unspecified atom stereocenters. The van der Waals surface area contributed by atoms with Crippen LogP contribution in [-0.4, -0.2) is 54.8 Å². The highest BCUT2D eigenvalue weighted by Crippen LogP contribution is 2.32. The SMILES string of the molecule is O=C(NC1CCCCCC1)N1CCN(Cc2ccc3c(c2)OCO3)CC1. The molecule has 2 amide bonds. The van der Waals surface area contributed by atoms with Crippen LogP contribution in [-0.2, 0) is 6.54 Å². The summed E-state index contributed by atoms with van der Waals surface area (Å²) in [5, 5.41) is 3.26. The number of urea groups is 1. The Kier molecular flexibility index (Phi) is 5.48. The lowest BCUT2D eigenvalue weighted by molar-refractivity contribution is 0.132. The summed E-state index contributed by atoms with van der Waals surface area (Å²) < 4.78 is 10.8. The van der Waals surface area contributed by atoms with Crippen molar-refractivity contribution in [2.24, 2.45) is 0 Å². The predicted octanol–water partition coefficient (Wildman–Crippen LogP) is 2.97. The third-order valence-corrected chi connectivity index (χ3v) is 5.69. The number of hydrogen-bond donors (Lipinski definition) is 1. The third-order valence-electron chi connectivity index (χ3n) is 5.69. The molecule has 3 aliphatic rings. The predicted molar refractivity (Wildman–Crippen MR) is 99.4 cm³/mol. The van der Waals surface area contributed by atoms with E-state index in [1.165, 1.54) is 31.2 Å². The second kappa shape index (κ2) is 8.16. The van der Waals surface area contributed by atoms with E-state index in [1.807, 2.05) is 11.0 Å². The van der Waals surface area contributed by atoms with Gasteiger partial charge in [-0.1, -0.05) is 31.7 Å². The first-order chi connectivity index (χ1) is 12.8. The van der Waals surface area contributed by atoms with Crippen LogP contribution in [0, 0.1) is 0 Å². The van der Waals surface area contributed by atoms with Crippen LogP contribution in [0.2, 0.25) is 0 Å². The largest absolute Gasteiger partial charge is 0.454 e. The molecule has 0 atom stereocenters. The summed E-state index contributed by atoms with van der Waals surface area (Å²) in [5.74, 6) is 1.66. The maximum atomic E-state index is 12.5. The van der Waals surface area contributed by atoms with Gasteiger partial charge in [0.1, 0.15) is 0 Å². The molecule has 2 heterocycles. The first-order valence-corrected chi connectivity index (χ1v) is 9.94. The fraction of sp³-hybridized carbons (Fsp3) is 0.650. The molecule has 1 aromatic rings. The molecule has 6 nitrogen and oxygen atoms in total. The lowest BCUT2D eigenvalue weighted by Crippen LogP contribution is -2.53. The van der Waals surface area contributed by atoms with E-state index in [9.17, 15) is 4.79 Å². The molecule has 1 N–H and O–H groups in total. The van der Waals surface area contributed by atoms with Gasteiger partial charge in [-0.25, -0.2) is 4.79 Å². The van der Waals surface area contributed by atoms with Gasteiger partial charge in [-0.15, -0.1) is 0 Å². The highest BCUT2D eigenvalue weighted by molar-refractivity contribution is 5.74. The first-order valence-electron chi connectivity index (χ1n) is 9.94. The van der Waals surface area contributed by atoms with Crippen molar-refractivity contribution < 1.29 is 14.3 Å². The van der Waals surface area contributed by atoms with Crippen molar-refractivity contribution in [2.45, 2.75) is 51.1 Å². The molecular weight excluding hydrogens is 330 g/mol. The molecule has 6 heteroatoms. The monoisotopic (exact) mass is 359 g/mol. The van der Waals surface area contributed by atoms with Crippen molar-refractivity contribution in [3.63, 3.8) is 0 Å². The van der Waals surface area contributed by atoms with Gasteiger partial charge in [0.15, 0.2) is 11.5 Å². The van der Waals surface area contributed by atoms with E-state index in [2.05, 4.69) is 22.3 Å². The van der Waals surface area contributed by atoms with Crippen LogP contribution in [0.25, 0.3) is 0 Å². The van der Waals surface area contributed by atoms with Crippen LogP contribution in [0.3, 0.4) is 0 Å². The van der Waals surface area contributed by atoms with Gasteiger partial charge >= 0.3 is 6.03 Å². The summed E-state index contributed by atoms with van der Waals surface area (Å²) in [6.45, 7) is 4.60. The van der Waals surface area contributed by atoms with Crippen molar-refractivity contribution in [3.05, 3.63) is 23.8 Å². The van der Waals surface area contributed by atoms with Crippen molar-refractivity contribution in [1.29, 1.82) is 0 Å². The number of amides is 2. The van der Waals surface area contributed by atoms with Gasteiger partial charge in [-0.3, -0.25) is 4.90 Å². The lowest BCUT2D eigenvalue weighted by atomic mass is 10.1. The Morgan fingerprint density at radius 1 is 1.00 bits per heavy atom. The zero-order valence-electron chi connectivity index (χ0n) is 15.4. The first kappa shape index (κ1) is 17.5. The minimum absolute atomic E-state index is 0.125. The Hall–Kier alpha value is -1.95. The lowest BCUT2D eigenvalue weighted by Gasteiger charge is -2.35. The molecule has 1 aliphatic carbocycles. The molecule has 142 valence electrons. The fourth-order valence-electron chi connectivity index (χ4n) is 4.10. The van der Waals surface area contributed by atoms with E-state index >= 15 is 0 Å². The van der Waals surface area contributed by atoms with Gasteiger partial charge in [0, 0.05) is 38.8 Å². The number of nitrogens with one attached hydrogen (secondary N) is 1. The smallest absolute Gasteiger partial charge is 0.317 e. The molecule has 26 heavy (non-hydrogen) atoms. The van der Waals surface area contributed by atoms with E-state index in [0.29, 0.717) is 12.8 Å². The number of benzene rings is 1. The quantitative estimate of drug-likeness (QED) is 0.843. The van der Waals surface area contributed by atoms with E-state index < -0.39 is 0 Å². The maximum Gasteiger partial charge on any atom is 0.317 e. The molecule has 0 spiro atoms. The summed E-state index contributed by atoms with van der Waals surface area (Å²) in [6, 6.07) is 6.64. The minimum atomic E-state index is 0.125. The number of piperazine rings is 1. The molecular formula is C20H29N3O3. The van der Waals surface area contributed by atoms with Gasteiger partial charge < -0.3 is 19.7 Å². The molecule has 2 aliphatic heterocycles. The van der Waals surface area contributed by atoms with E-state index in [4.69, 9.17) is 9.47 Å². The Morgan fingerprint density at radius 2 is 1.73 bits per heavy atom. The zero-order chi connectivity index (χ0) is 17.8.